The van der Waals surface area contributed by atoms with Gasteiger partial charge in [-0.05, 0) is 36.4 Å². The second-order valence-corrected chi connectivity index (χ2v) is 5.41. The Labute approximate surface area is 158 Å². The van der Waals surface area contributed by atoms with E-state index in [-0.39, 0.29) is 17.3 Å². The van der Waals surface area contributed by atoms with Crippen molar-refractivity contribution in [3.63, 3.8) is 0 Å². The summed E-state index contributed by atoms with van der Waals surface area (Å²) >= 11 is 0. The van der Waals surface area contributed by atoms with Crippen LogP contribution < -0.4 is 14.8 Å². The maximum absolute atomic E-state index is 13.4. The molecule has 0 atom stereocenters. The van der Waals surface area contributed by atoms with Crippen LogP contribution in [0.25, 0.3) is 0 Å². The summed E-state index contributed by atoms with van der Waals surface area (Å²) in [5.74, 6) is -2.66. The van der Waals surface area contributed by atoms with E-state index in [1.807, 2.05) is 0 Å². The van der Waals surface area contributed by atoms with Crippen molar-refractivity contribution >= 4 is 17.6 Å². The number of hydrogen-bond donors (Lipinski definition) is 1. The first-order valence-corrected chi connectivity index (χ1v) is 7.98. The highest BCUT2D eigenvalue weighted by Crippen LogP contribution is 2.15. The summed E-state index contributed by atoms with van der Waals surface area (Å²) < 4.78 is 36.1. The van der Waals surface area contributed by atoms with E-state index >= 15 is 0 Å². The number of hydrogen-bond acceptors (Lipinski definition) is 6. The lowest BCUT2D eigenvalue weighted by Crippen LogP contribution is -2.19. The Morgan fingerprint density at radius 1 is 0.964 bits per heavy atom. The van der Waals surface area contributed by atoms with Crippen LogP contribution in [-0.2, 0) is 4.79 Å². The lowest BCUT2D eigenvalue weighted by atomic mass is 10.2. The highest BCUT2D eigenvalue weighted by molar-refractivity contribution is 6.03. The van der Waals surface area contributed by atoms with Crippen LogP contribution in [0.15, 0.2) is 60.9 Å². The van der Waals surface area contributed by atoms with Gasteiger partial charge in [-0.1, -0.05) is 12.1 Å². The third-order valence-electron chi connectivity index (χ3n) is 3.37. The Kier molecular flexibility index (Phi) is 5.85. The number of rotatable bonds is 6. The Hall–Kier alpha value is -3.88. The zero-order valence-corrected chi connectivity index (χ0v) is 14.3. The van der Waals surface area contributed by atoms with E-state index in [9.17, 15) is 18.4 Å². The lowest BCUT2D eigenvalue weighted by molar-refractivity contribution is -0.137. The van der Waals surface area contributed by atoms with E-state index < -0.39 is 30.1 Å². The number of amides is 1. The molecular formula is C19H13F2N3O4. The molecule has 7 nitrogen and oxygen atoms in total. The second-order valence-electron chi connectivity index (χ2n) is 5.41. The van der Waals surface area contributed by atoms with E-state index in [0.29, 0.717) is 5.69 Å². The van der Waals surface area contributed by atoms with Crippen LogP contribution in [0.2, 0.25) is 0 Å². The van der Waals surface area contributed by atoms with Gasteiger partial charge in [0.2, 0.25) is 0 Å². The summed E-state index contributed by atoms with van der Waals surface area (Å²) in [5, 5.41) is 2.55. The van der Waals surface area contributed by atoms with Gasteiger partial charge >= 0.3 is 12.0 Å². The molecule has 3 aromatic rings. The molecular weight excluding hydrogens is 372 g/mol. The van der Waals surface area contributed by atoms with E-state index in [0.717, 1.165) is 6.07 Å². The molecule has 9 heteroatoms. The van der Waals surface area contributed by atoms with Crippen molar-refractivity contribution in [2.75, 3.05) is 11.9 Å². The fourth-order valence-corrected chi connectivity index (χ4v) is 2.05. The van der Waals surface area contributed by atoms with Gasteiger partial charge in [0.15, 0.2) is 18.2 Å². The quantitative estimate of drug-likeness (QED) is 0.518. The predicted molar refractivity (Wildman–Crippen MR) is 93.9 cm³/mol. The number of para-hydroxylation sites is 1. The summed E-state index contributed by atoms with van der Waals surface area (Å²) in [5.41, 5.74) is 0.535. The van der Waals surface area contributed by atoms with Gasteiger partial charge in [0, 0.05) is 18.1 Å². The Bertz CT molecular complexity index is 979. The van der Waals surface area contributed by atoms with Crippen LogP contribution in [0.3, 0.4) is 0 Å². The van der Waals surface area contributed by atoms with Crippen molar-refractivity contribution in [3.8, 4) is 11.8 Å². The molecule has 0 aliphatic carbocycles. The van der Waals surface area contributed by atoms with Crippen LogP contribution in [0.4, 0.5) is 14.5 Å². The van der Waals surface area contributed by atoms with Crippen LogP contribution in [0.1, 0.15) is 10.4 Å². The molecule has 0 saturated heterocycles. The average molecular weight is 385 g/mol. The number of carbonyl (C=O) groups excluding carboxylic acids is 2. The number of benzene rings is 2. The van der Waals surface area contributed by atoms with E-state index in [4.69, 9.17) is 9.47 Å². The third-order valence-corrected chi connectivity index (χ3v) is 3.37. The standard InChI is InChI=1S/C19H13F2N3O4/c20-13-5-7-14(8-6-13)24-18(26)12-9-22-19(23-10-12)27-11-17(25)28-16-4-2-1-3-15(16)21/h1-10H,11H2,(H,24,26). The molecule has 1 amide bonds. The monoisotopic (exact) mass is 385 g/mol. The van der Waals surface area contributed by atoms with Crippen molar-refractivity contribution < 1.29 is 27.8 Å². The summed E-state index contributed by atoms with van der Waals surface area (Å²) in [6.45, 7) is -0.546. The number of carbonyl (C=O) groups is 2. The molecule has 0 bridgehead atoms. The van der Waals surface area contributed by atoms with Gasteiger partial charge in [0.1, 0.15) is 5.82 Å². The van der Waals surface area contributed by atoms with Gasteiger partial charge in [-0.2, -0.15) is 0 Å². The SMILES string of the molecule is O=C(COc1ncc(C(=O)Nc2ccc(F)cc2)cn1)Oc1ccccc1F. The Balaban J connectivity index is 1.52. The number of ether oxygens (including phenoxy) is 2. The van der Waals surface area contributed by atoms with Gasteiger partial charge in [-0.25, -0.2) is 23.5 Å². The molecule has 2 aromatic carbocycles. The molecule has 0 unspecified atom stereocenters. The minimum Gasteiger partial charge on any atom is -0.451 e. The largest absolute Gasteiger partial charge is 0.451 e. The number of halogens is 2. The van der Waals surface area contributed by atoms with Crippen molar-refractivity contribution in [1.82, 2.24) is 9.97 Å². The zero-order valence-electron chi connectivity index (χ0n) is 14.3. The van der Waals surface area contributed by atoms with Gasteiger partial charge in [0.05, 0.1) is 5.56 Å². The van der Waals surface area contributed by atoms with E-state index in [1.165, 1.54) is 54.9 Å². The summed E-state index contributed by atoms with van der Waals surface area (Å²) in [4.78, 5) is 31.4. The number of nitrogens with one attached hydrogen (secondary N) is 1. The number of aromatic nitrogens is 2. The van der Waals surface area contributed by atoms with Crippen molar-refractivity contribution in [3.05, 3.63) is 78.1 Å². The van der Waals surface area contributed by atoms with Crippen LogP contribution in [0, 0.1) is 11.6 Å². The zero-order chi connectivity index (χ0) is 19.9. The van der Waals surface area contributed by atoms with E-state index in [2.05, 4.69) is 15.3 Å². The molecule has 0 aliphatic rings. The second kappa shape index (κ2) is 8.67. The molecule has 3 rings (SSSR count). The maximum atomic E-state index is 13.4. The molecule has 0 saturated carbocycles. The Morgan fingerprint density at radius 2 is 1.64 bits per heavy atom. The molecule has 1 heterocycles. The fraction of sp³-hybridized carbons (Fsp3) is 0.0526. The predicted octanol–water partition coefficient (Wildman–Crippen LogP) is 2.99. The number of nitrogens with zero attached hydrogens (tertiary/aromatic N) is 2. The highest BCUT2D eigenvalue weighted by atomic mass is 19.1. The molecule has 28 heavy (non-hydrogen) atoms. The van der Waals surface area contributed by atoms with Crippen molar-refractivity contribution in [2.45, 2.75) is 0 Å². The first kappa shape index (κ1) is 18.9. The molecule has 0 fully saturated rings. The Morgan fingerprint density at radius 3 is 2.32 bits per heavy atom. The minimum atomic E-state index is -0.841. The van der Waals surface area contributed by atoms with Crippen LogP contribution >= 0.6 is 0 Å². The summed E-state index contributed by atoms with van der Waals surface area (Å²) in [6, 6.07) is 10.5. The van der Waals surface area contributed by atoms with E-state index in [1.54, 1.807) is 0 Å². The molecule has 0 radical (unpaired) electrons. The first-order valence-electron chi connectivity index (χ1n) is 7.98. The molecule has 1 aromatic heterocycles. The smallest absolute Gasteiger partial charge is 0.349 e. The number of esters is 1. The van der Waals surface area contributed by atoms with Gasteiger partial charge in [-0.15, -0.1) is 0 Å². The molecule has 1 N–H and O–H groups in total. The van der Waals surface area contributed by atoms with Crippen LogP contribution in [-0.4, -0.2) is 28.5 Å². The van der Waals surface area contributed by atoms with Crippen molar-refractivity contribution in [2.24, 2.45) is 0 Å². The first-order chi connectivity index (χ1) is 13.5. The third kappa shape index (κ3) is 5.07. The van der Waals surface area contributed by atoms with Gasteiger partial charge in [-0.3, -0.25) is 4.79 Å². The summed E-state index contributed by atoms with van der Waals surface area (Å²) in [6.07, 6.45) is 2.40. The van der Waals surface area contributed by atoms with Crippen molar-refractivity contribution in [1.29, 1.82) is 0 Å². The van der Waals surface area contributed by atoms with Crippen LogP contribution in [0.5, 0.6) is 11.8 Å². The normalized spacial score (nSPS) is 10.2. The fourth-order valence-electron chi connectivity index (χ4n) is 2.05. The molecule has 0 spiro atoms. The minimum absolute atomic E-state index is 0.130. The molecule has 142 valence electrons. The topological polar surface area (TPSA) is 90.4 Å². The van der Waals surface area contributed by atoms with Gasteiger partial charge < -0.3 is 14.8 Å². The highest BCUT2D eigenvalue weighted by Gasteiger charge is 2.12. The average Bonchev–Trinajstić information content (AvgIpc) is 2.70. The number of anilines is 1. The molecule has 0 aliphatic heterocycles. The maximum Gasteiger partial charge on any atom is 0.349 e. The van der Waals surface area contributed by atoms with Gasteiger partial charge in [0.25, 0.3) is 5.91 Å². The lowest BCUT2D eigenvalue weighted by Gasteiger charge is -2.07. The summed E-state index contributed by atoms with van der Waals surface area (Å²) in [7, 11) is 0.